The van der Waals surface area contributed by atoms with Crippen molar-refractivity contribution in [1.82, 2.24) is 0 Å². The number of phenolic OH excluding ortho intramolecular Hbond substituents is 4. The largest absolute Gasteiger partial charge is 0.508 e. The molecule has 11 nitrogen and oxygen atoms in total. The van der Waals surface area contributed by atoms with Gasteiger partial charge in [-0.15, -0.1) is 0 Å². The van der Waals surface area contributed by atoms with Gasteiger partial charge >= 0.3 is 0 Å². The summed E-state index contributed by atoms with van der Waals surface area (Å²) in [6.45, 7) is 0. The number of carbonyl (C=O) groups is 1. The molecule has 0 atom stereocenters. The van der Waals surface area contributed by atoms with Crippen molar-refractivity contribution >= 4 is 27.7 Å². The third kappa shape index (κ3) is 4.47. The van der Waals surface area contributed by atoms with Crippen molar-refractivity contribution in [3.8, 4) is 62.7 Å². The van der Waals surface area contributed by atoms with Crippen LogP contribution in [0.3, 0.4) is 0 Å². The van der Waals surface area contributed by atoms with Crippen molar-refractivity contribution in [3.05, 3.63) is 88.3 Å². The number of phenols is 4. The molecule has 0 saturated carbocycles. The number of ether oxygens (including phenoxy) is 3. The number of carbonyl (C=O) groups excluding carboxylic acids is 1. The average Bonchev–Trinajstić information content (AvgIpc) is 3.40. The van der Waals surface area contributed by atoms with Crippen LogP contribution >= 0.6 is 0 Å². The van der Waals surface area contributed by atoms with E-state index in [1.165, 1.54) is 45.6 Å². The van der Waals surface area contributed by atoms with E-state index in [0.29, 0.717) is 11.3 Å². The first-order valence-corrected chi connectivity index (χ1v) is 13.1. The number of aromatic hydroxyl groups is 4. The minimum Gasteiger partial charge on any atom is -0.508 e. The van der Waals surface area contributed by atoms with E-state index in [1.807, 2.05) is 0 Å². The second-order valence-electron chi connectivity index (χ2n) is 9.74. The van der Waals surface area contributed by atoms with Gasteiger partial charge in [-0.1, -0.05) is 6.07 Å². The summed E-state index contributed by atoms with van der Waals surface area (Å²) in [7, 11) is 4.16. The Bertz CT molecular complexity index is 2150. The normalized spacial score (nSPS) is 11.2. The highest BCUT2D eigenvalue weighted by Gasteiger charge is 2.31. The van der Waals surface area contributed by atoms with Crippen molar-refractivity contribution < 1.29 is 48.3 Å². The molecule has 44 heavy (non-hydrogen) atoms. The highest BCUT2D eigenvalue weighted by atomic mass is 16.5. The van der Waals surface area contributed by atoms with Crippen molar-refractivity contribution in [3.63, 3.8) is 0 Å². The molecular weight excluding hydrogens is 572 g/mol. The Kier molecular flexibility index (Phi) is 6.77. The molecule has 2 aromatic heterocycles. The molecule has 0 saturated heterocycles. The lowest BCUT2D eigenvalue weighted by Gasteiger charge is -2.11. The third-order valence-corrected chi connectivity index (χ3v) is 7.21. The lowest BCUT2D eigenvalue weighted by molar-refractivity contribution is 0.101. The number of hydrogen-bond donors (Lipinski definition) is 4. The van der Waals surface area contributed by atoms with Gasteiger partial charge in [-0.05, 0) is 48.0 Å². The Morgan fingerprint density at radius 3 is 2.09 bits per heavy atom. The van der Waals surface area contributed by atoms with Gasteiger partial charge in [0.25, 0.3) is 0 Å². The predicted molar refractivity (Wildman–Crippen MR) is 159 cm³/mol. The smallest absolute Gasteiger partial charge is 0.236 e. The lowest BCUT2D eigenvalue weighted by atomic mass is 9.96. The zero-order valence-electron chi connectivity index (χ0n) is 23.5. The maximum Gasteiger partial charge on any atom is 0.236 e. The Morgan fingerprint density at radius 1 is 0.727 bits per heavy atom. The van der Waals surface area contributed by atoms with E-state index in [2.05, 4.69) is 0 Å². The molecule has 0 aliphatic heterocycles. The number of fused-ring (bicyclic) bond motifs is 2. The Balaban J connectivity index is 1.67. The van der Waals surface area contributed by atoms with Gasteiger partial charge in [-0.2, -0.15) is 0 Å². The minimum atomic E-state index is -0.873. The molecular formula is C33H24O11. The standard InChI is InChI=1S/C33H24O11/c1-40-18-7-4-15(5-8-18)24-14-22(37)29-26(43-24)13-19-27(16-6-9-23(41-2)20(35)10-16)33(44-32(19)30(29)38)31(39)28-21(36)11-17(34)12-25(28)42-3/h4-14,34-36,38H,1-3H3. The molecule has 2 heterocycles. The molecule has 6 aromatic rings. The molecule has 0 unspecified atom stereocenters. The molecule has 0 radical (unpaired) electrons. The van der Waals surface area contributed by atoms with Crippen molar-refractivity contribution in [1.29, 1.82) is 0 Å². The first kappa shape index (κ1) is 28.0. The number of benzene rings is 4. The van der Waals surface area contributed by atoms with Crippen LogP contribution in [-0.4, -0.2) is 47.5 Å². The molecule has 0 aliphatic rings. The molecule has 11 heteroatoms. The van der Waals surface area contributed by atoms with Crippen LogP contribution < -0.4 is 19.6 Å². The van der Waals surface area contributed by atoms with Gasteiger partial charge in [0.05, 0.1) is 21.3 Å². The topological polar surface area (TPSA) is 169 Å². The summed E-state index contributed by atoms with van der Waals surface area (Å²) < 4.78 is 27.6. The van der Waals surface area contributed by atoms with Gasteiger partial charge in [0.1, 0.15) is 45.3 Å². The van der Waals surface area contributed by atoms with E-state index < -0.39 is 22.7 Å². The first-order valence-electron chi connectivity index (χ1n) is 13.1. The van der Waals surface area contributed by atoms with Gasteiger partial charge < -0.3 is 43.5 Å². The monoisotopic (exact) mass is 596 g/mol. The second kappa shape index (κ2) is 10.6. The summed E-state index contributed by atoms with van der Waals surface area (Å²) in [5, 5.41) is 42.5. The summed E-state index contributed by atoms with van der Waals surface area (Å²) in [5.41, 5.74) is -0.166. The van der Waals surface area contributed by atoms with Gasteiger partial charge in [0, 0.05) is 34.7 Å². The van der Waals surface area contributed by atoms with Crippen molar-refractivity contribution in [2.45, 2.75) is 0 Å². The van der Waals surface area contributed by atoms with Crippen molar-refractivity contribution in [2.75, 3.05) is 21.3 Å². The number of rotatable bonds is 7. The number of methoxy groups -OCH3 is 3. The maximum absolute atomic E-state index is 14.0. The highest BCUT2D eigenvalue weighted by Crippen LogP contribution is 2.46. The fraction of sp³-hybridized carbons (Fsp3) is 0.0909. The van der Waals surface area contributed by atoms with Gasteiger partial charge in [-0.25, -0.2) is 0 Å². The Labute approximate surface area is 248 Å². The molecule has 0 spiro atoms. The van der Waals surface area contributed by atoms with Crippen LogP contribution in [-0.2, 0) is 0 Å². The second-order valence-corrected chi connectivity index (χ2v) is 9.74. The van der Waals surface area contributed by atoms with Crippen LogP contribution in [0.5, 0.6) is 40.2 Å². The van der Waals surface area contributed by atoms with E-state index in [9.17, 15) is 30.0 Å². The van der Waals surface area contributed by atoms with Crippen LogP contribution in [0.4, 0.5) is 0 Å². The number of ketones is 1. The van der Waals surface area contributed by atoms with Crippen LogP contribution in [0.1, 0.15) is 16.1 Å². The average molecular weight is 597 g/mol. The molecule has 0 amide bonds. The summed E-state index contributed by atoms with van der Waals surface area (Å²) in [4.78, 5) is 27.3. The Morgan fingerprint density at radius 2 is 1.43 bits per heavy atom. The zero-order chi connectivity index (χ0) is 31.3. The summed E-state index contributed by atoms with van der Waals surface area (Å²) >= 11 is 0. The third-order valence-electron chi connectivity index (χ3n) is 7.21. The number of furan rings is 1. The van der Waals surface area contributed by atoms with E-state index >= 15 is 0 Å². The maximum atomic E-state index is 14.0. The van der Waals surface area contributed by atoms with E-state index in [0.717, 1.165) is 12.1 Å². The quantitative estimate of drug-likeness (QED) is 0.161. The first-order chi connectivity index (χ1) is 21.1. The van der Waals surface area contributed by atoms with E-state index in [-0.39, 0.29) is 73.1 Å². The van der Waals surface area contributed by atoms with E-state index in [4.69, 9.17) is 23.0 Å². The summed E-state index contributed by atoms with van der Waals surface area (Å²) in [6.07, 6.45) is 0. The van der Waals surface area contributed by atoms with Crippen LogP contribution in [0.25, 0.3) is 44.4 Å². The van der Waals surface area contributed by atoms with Crippen LogP contribution in [0, 0.1) is 0 Å². The van der Waals surface area contributed by atoms with E-state index in [1.54, 1.807) is 30.3 Å². The fourth-order valence-corrected chi connectivity index (χ4v) is 5.13. The summed E-state index contributed by atoms with van der Waals surface area (Å²) in [5.74, 6) is -2.16. The lowest BCUT2D eigenvalue weighted by Crippen LogP contribution is -2.05. The molecule has 4 aromatic carbocycles. The summed E-state index contributed by atoms with van der Waals surface area (Å²) in [6, 6.07) is 16.0. The van der Waals surface area contributed by atoms with Gasteiger partial charge in [0.2, 0.25) is 5.78 Å². The van der Waals surface area contributed by atoms with Gasteiger partial charge in [-0.3, -0.25) is 9.59 Å². The van der Waals surface area contributed by atoms with Crippen LogP contribution in [0.2, 0.25) is 0 Å². The zero-order valence-corrected chi connectivity index (χ0v) is 23.5. The minimum absolute atomic E-state index is 0.00263. The molecule has 6 rings (SSSR count). The predicted octanol–water partition coefficient (Wildman–Crippen LogP) is 5.95. The highest BCUT2D eigenvalue weighted by molar-refractivity contribution is 6.20. The Hall–Kier alpha value is -6.10. The fourth-order valence-electron chi connectivity index (χ4n) is 5.13. The molecule has 0 aliphatic carbocycles. The van der Waals surface area contributed by atoms with Crippen molar-refractivity contribution in [2.24, 2.45) is 0 Å². The molecule has 0 fully saturated rings. The molecule has 4 N–H and O–H groups in total. The SMILES string of the molecule is COc1ccc(-c2cc(=O)c3c(O)c4oc(C(=O)c5c(O)cc(O)cc5OC)c(-c5ccc(OC)c(O)c5)c4cc3o2)cc1. The number of hydrogen-bond acceptors (Lipinski definition) is 11. The van der Waals surface area contributed by atoms with Gasteiger partial charge in [0.15, 0.2) is 34.0 Å². The van der Waals surface area contributed by atoms with Crippen LogP contribution in [0.15, 0.2) is 80.4 Å². The molecule has 222 valence electrons. The molecule has 0 bridgehead atoms.